The van der Waals surface area contributed by atoms with Crippen LogP contribution in [0.25, 0.3) is 0 Å². The monoisotopic (exact) mass is 265 g/mol. The zero-order chi connectivity index (χ0) is 12.9. The molecular weight excluding hydrogens is 238 g/mol. The molecule has 3 unspecified atom stereocenters. The first kappa shape index (κ1) is 12.6. The average molecular weight is 265 g/mol. The molecule has 1 spiro atoms. The molecule has 3 heteroatoms. The Morgan fingerprint density at radius 3 is 2.47 bits per heavy atom. The molecule has 3 nitrogen and oxygen atoms in total. The number of fused-ring (bicyclic) bond motifs is 2. The van der Waals surface area contributed by atoms with Crippen LogP contribution in [0.2, 0.25) is 0 Å². The molecule has 3 saturated carbocycles. The minimum absolute atomic E-state index is 0.412. The first-order valence-corrected chi connectivity index (χ1v) is 8.31. The Bertz CT molecular complexity index is 345. The molecule has 3 aliphatic carbocycles. The van der Waals surface area contributed by atoms with Gasteiger partial charge in [-0.15, -0.1) is 0 Å². The minimum atomic E-state index is -0.412. The van der Waals surface area contributed by atoms with E-state index in [0.717, 1.165) is 31.9 Å². The van der Waals surface area contributed by atoms with E-state index in [1.165, 1.54) is 44.9 Å². The molecule has 0 aromatic heterocycles. The lowest BCUT2D eigenvalue weighted by molar-refractivity contribution is -0.134. The highest BCUT2D eigenvalue weighted by molar-refractivity contribution is 5.17. The number of ether oxygens (including phenoxy) is 1. The molecule has 1 heterocycles. The Kier molecular flexibility index (Phi) is 2.95. The summed E-state index contributed by atoms with van der Waals surface area (Å²) in [6.07, 6.45) is 11.5. The molecule has 0 aromatic carbocycles. The molecule has 0 amide bonds. The summed E-state index contributed by atoms with van der Waals surface area (Å²) < 4.78 is 6.01. The Hall–Kier alpha value is -0.120. The van der Waals surface area contributed by atoms with Crippen LogP contribution >= 0.6 is 0 Å². The van der Waals surface area contributed by atoms with Gasteiger partial charge < -0.3 is 15.2 Å². The molecule has 2 N–H and O–H groups in total. The van der Waals surface area contributed by atoms with Gasteiger partial charge in [-0.25, -0.2) is 0 Å². The van der Waals surface area contributed by atoms with Crippen LogP contribution in [0.1, 0.15) is 57.8 Å². The number of nitrogens with one attached hydrogen (secondary N) is 1. The molecule has 4 fully saturated rings. The van der Waals surface area contributed by atoms with Gasteiger partial charge in [-0.3, -0.25) is 0 Å². The number of rotatable bonds is 3. The second-order valence-corrected chi connectivity index (χ2v) is 7.47. The Morgan fingerprint density at radius 2 is 1.74 bits per heavy atom. The van der Waals surface area contributed by atoms with Crippen molar-refractivity contribution in [1.82, 2.24) is 5.32 Å². The first-order valence-electron chi connectivity index (χ1n) is 8.31. The molecule has 4 rings (SSSR count). The van der Waals surface area contributed by atoms with Crippen LogP contribution in [0.4, 0.5) is 0 Å². The van der Waals surface area contributed by atoms with Crippen LogP contribution in [0, 0.1) is 11.3 Å². The molecule has 0 bridgehead atoms. The third-order valence-electron chi connectivity index (χ3n) is 6.47. The molecule has 0 aromatic rings. The van der Waals surface area contributed by atoms with E-state index < -0.39 is 5.60 Å². The largest absolute Gasteiger partial charge is 0.389 e. The standard InChI is InChI=1S/C16H27NO2/c18-15(6-1-2-7-15)11-17-13-12-5-10-19-14(12)16(13)8-3-4-9-16/h12-14,17-18H,1-11H2. The van der Waals surface area contributed by atoms with Crippen molar-refractivity contribution < 1.29 is 9.84 Å². The Balaban J connectivity index is 1.44. The quantitative estimate of drug-likeness (QED) is 0.822. The minimum Gasteiger partial charge on any atom is -0.389 e. The van der Waals surface area contributed by atoms with Gasteiger partial charge in [0.15, 0.2) is 0 Å². The van der Waals surface area contributed by atoms with E-state index in [1.54, 1.807) is 0 Å². The van der Waals surface area contributed by atoms with Crippen LogP contribution in [0.15, 0.2) is 0 Å². The molecule has 4 aliphatic rings. The predicted octanol–water partition coefficient (Wildman–Crippen LogP) is 2.23. The third-order valence-corrected chi connectivity index (χ3v) is 6.47. The summed E-state index contributed by atoms with van der Waals surface area (Å²) in [5.74, 6) is 0.725. The van der Waals surface area contributed by atoms with Crippen molar-refractivity contribution in [3.8, 4) is 0 Å². The summed E-state index contributed by atoms with van der Waals surface area (Å²) in [5, 5.41) is 14.3. The number of hydrogen-bond donors (Lipinski definition) is 2. The van der Waals surface area contributed by atoms with Crippen molar-refractivity contribution in [2.24, 2.45) is 11.3 Å². The highest BCUT2D eigenvalue weighted by Crippen LogP contribution is 2.60. The first-order chi connectivity index (χ1) is 9.24. The predicted molar refractivity (Wildman–Crippen MR) is 74.0 cm³/mol. The fourth-order valence-corrected chi connectivity index (χ4v) is 5.52. The third kappa shape index (κ3) is 1.81. The number of hydrogen-bond acceptors (Lipinski definition) is 3. The van der Waals surface area contributed by atoms with Crippen molar-refractivity contribution in [3.63, 3.8) is 0 Å². The smallest absolute Gasteiger partial charge is 0.0771 e. The van der Waals surface area contributed by atoms with E-state index in [1.807, 2.05) is 0 Å². The van der Waals surface area contributed by atoms with Crippen LogP contribution in [0.5, 0.6) is 0 Å². The summed E-state index contributed by atoms with van der Waals surface area (Å²) >= 11 is 0. The van der Waals surface area contributed by atoms with Gasteiger partial charge in [-0.1, -0.05) is 25.7 Å². The summed E-state index contributed by atoms with van der Waals surface area (Å²) in [6.45, 7) is 1.77. The van der Waals surface area contributed by atoms with E-state index >= 15 is 0 Å². The van der Waals surface area contributed by atoms with Gasteiger partial charge in [-0.05, 0) is 32.1 Å². The van der Waals surface area contributed by atoms with Gasteiger partial charge in [0.05, 0.1) is 11.7 Å². The van der Waals surface area contributed by atoms with Gasteiger partial charge in [0, 0.05) is 30.5 Å². The maximum Gasteiger partial charge on any atom is 0.0771 e. The van der Waals surface area contributed by atoms with Gasteiger partial charge in [0.1, 0.15) is 0 Å². The number of aliphatic hydroxyl groups is 1. The molecule has 3 atom stereocenters. The van der Waals surface area contributed by atoms with Crippen molar-refractivity contribution in [3.05, 3.63) is 0 Å². The highest BCUT2D eigenvalue weighted by atomic mass is 16.5. The van der Waals surface area contributed by atoms with Crippen molar-refractivity contribution in [2.45, 2.75) is 75.5 Å². The van der Waals surface area contributed by atoms with E-state index in [4.69, 9.17) is 4.74 Å². The summed E-state index contributed by atoms with van der Waals surface area (Å²) in [4.78, 5) is 0. The second-order valence-electron chi connectivity index (χ2n) is 7.47. The van der Waals surface area contributed by atoms with Gasteiger partial charge in [0.2, 0.25) is 0 Å². The Labute approximate surface area is 116 Å². The zero-order valence-electron chi connectivity index (χ0n) is 11.9. The van der Waals surface area contributed by atoms with Crippen molar-refractivity contribution in [1.29, 1.82) is 0 Å². The average Bonchev–Trinajstić information content (AvgIpc) is 3.07. The fraction of sp³-hybridized carbons (Fsp3) is 1.00. The molecular formula is C16H27NO2. The fourth-order valence-electron chi connectivity index (χ4n) is 5.52. The van der Waals surface area contributed by atoms with Gasteiger partial charge >= 0.3 is 0 Å². The van der Waals surface area contributed by atoms with Crippen molar-refractivity contribution in [2.75, 3.05) is 13.2 Å². The zero-order valence-corrected chi connectivity index (χ0v) is 11.9. The molecule has 1 saturated heterocycles. The topological polar surface area (TPSA) is 41.5 Å². The maximum absolute atomic E-state index is 10.5. The maximum atomic E-state index is 10.5. The van der Waals surface area contributed by atoms with Gasteiger partial charge in [0.25, 0.3) is 0 Å². The molecule has 1 aliphatic heterocycles. The summed E-state index contributed by atoms with van der Waals surface area (Å²) in [5.41, 5.74) is 0.0144. The summed E-state index contributed by atoms with van der Waals surface area (Å²) in [6, 6.07) is 0.618. The Morgan fingerprint density at radius 1 is 1.05 bits per heavy atom. The van der Waals surface area contributed by atoms with Crippen LogP contribution < -0.4 is 5.32 Å². The molecule has 108 valence electrons. The SMILES string of the molecule is OC1(CNC2C3CCOC3C23CCCC3)CCCC1. The van der Waals surface area contributed by atoms with E-state index in [9.17, 15) is 5.11 Å². The highest BCUT2D eigenvalue weighted by Gasteiger charge is 2.64. The summed E-state index contributed by atoms with van der Waals surface area (Å²) in [7, 11) is 0. The lowest BCUT2D eigenvalue weighted by Crippen LogP contribution is -2.68. The van der Waals surface area contributed by atoms with Crippen LogP contribution in [-0.2, 0) is 4.74 Å². The van der Waals surface area contributed by atoms with Crippen LogP contribution in [0.3, 0.4) is 0 Å². The lowest BCUT2D eigenvalue weighted by Gasteiger charge is -2.57. The van der Waals surface area contributed by atoms with E-state index in [-0.39, 0.29) is 0 Å². The van der Waals surface area contributed by atoms with E-state index in [2.05, 4.69) is 5.32 Å². The van der Waals surface area contributed by atoms with Crippen LogP contribution in [-0.4, -0.2) is 36.0 Å². The molecule has 0 radical (unpaired) electrons. The molecule has 19 heavy (non-hydrogen) atoms. The second kappa shape index (κ2) is 4.44. The lowest BCUT2D eigenvalue weighted by atomic mass is 9.54. The van der Waals surface area contributed by atoms with Gasteiger partial charge in [-0.2, -0.15) is 0 Å². The van der Waals surface area contributed by atoms with Crippen molar-refractivity contribution >= 4 is 0 Å². The van der Waals surface area contributed by atoms with E-state index in [0.29, 0.717) is 17.6 Å². The normalized spacial score (nSPS) is 42.5.